The maximum absolute atomic E-state index is 12.4. The van der Waals surface area contributed by atoms with Crippen LogP contribution in [0.2, 0.25) is 0 Å². The van der Waals surface area contributed by atoms with E-state index in [2.05, 4.69) is 14.9 Å². The molecule has 2 bridgehead atoms. The van der Waals surface area contributed by atoms with Gasteiger partial charge in [0.1, 0.15) is 6.10 Å². The minimum atomic E-state index is -0.414. The van der Waals surface area contributed by atoms with Crippen molar-refractivity contribution >= 4 is 18.0 Å². The molecular weight excluding hydrogens is 336 g/mol. The smallest absolute Gasteiger partial charge is 0.410 e. The predicted octanol–water partition coefficient (Wildman–Crippen LogP) is 2.00. The van der Waals surface area contributed by atoms with Gasteiger partial charge in [0.05, 0.1) is 24.3 Å². The van der Waals surface area contributed by atoms with Gasteiger partial charge in [-0.05, 0) is 39.0 Å². The van der Waals surface area contributed by atoms with E-state index in [-0.39, 0.29) is 24.3 Å². The molecule has 26 heavy (non-hydrogen) atoms. The Morgan fingerprint density at radius 2 is 1.88 bits per heavy atom. The van der Waals surface area contributed by atoms with Crippen LogP contribution in [0.15, 0.2) is 12.4 Å². The van der Waals surface area contributed by atoms with E-state index in [4.69, 9.17) is 9.47 Å². The molecule has 3 heterocycles. The zero-order valence-corrected chi connectivity index (χ0v) is 15.0. The first-order valence-corrected chi connectivity index (χ1v) is 9.38. The fraction of sp³-hybridized carbons (Fsp3) is 0.667. The zero-order valence-electron chi connectivity index (χ0n) is 15.0. The number of hydrogen-bond acceptors (Lipinski definition) is 7. The Hall–Kier alpha value is -2.38. The summed E-state index contributed by atoms with van der Waals surface area (Å²) in [6, 6.07) is 0.340. The van der Waals surface area contributed by atoms with Gasteiger partial charge >= 0.3 is 12.1 Å². The lowest BCUT2D eigenvalue weighted by atomic mass is 10.2. The van der Waals surface area contributed by atoms with E-state index in [0.717, 1.165) is 32.1 Å². The maximum atomic E-state index is 12.4. The van der Waals surface area contributed by atoms with Crippen molar-refractivity contribution in [2.45, 2.75) is 57.2 Å². The number of esters is 1. The van der Waals surface area contributed by atoms with Crippen molar-refractivity contribution in [3.63, 3.8) is 0 Å². The van der Waals surface area contributed by atoms with Crippen LogP contribution in [-0.4, -0.2) is 64.8 Å². The molecule has 1 amide bonds. The molecule has 0 spiro atoms. The summed E-state index contributed by atoms with van der Waals surface area (Å²) in [5.74, 6) is 0.178. The normalized spacial score (nSPS) is 25.0. The first-order valence-electron chi connectivity index (χ1n) is 9.38. The van der Waals surface area contributed by atoms with E-state index < -0.39 is 5.97 Å². The molecule has 1 aliphatic carbocycles. The molecule has 0 radical (unpaired) electrons. The second kappa shape index (κ2) is 7.09. The minimum Gasteiger partial charge on any atom is -0.462 e. The van der Waals surface area contributed by atoms with Gasteiger partial charge in [-0.15, -0.1) is 0 Å². The summed E-state index contributed by atoms with van der Waals surface area (Å²) in [5.41, 5.74) is 0.349. The Bertz CT molecular complexity index is 674. The molecule has 2 unspecified atom stereocenters. The molecule has 1 aromatic heterocycles. The number of nitrogens with zero attached hydrogens (tertiary/aromatic N) is 4. The van der Waals surface area contributed by atoms with Gasteiger partial charge < -0.3 is 19.3 Å². The van der Waals surface area contributed by atoms with Gasteiger partial charge in [-0.1, -0.05) is 0 Å². The van der Waals surface area contributed by atoms with E-state index in [1.165, 1.54) is 12.4 Å². The van der Waals surface area contributed by atoms with Crippen molar-refractivity contribution in [1.29, 1.82) is 0 Å². The number of hydrogen-bond donors (Lipinski definition) is 0. The summed E-state index contributed by atoms with van der Waals surface area (Å²) in [6.45, 7) is 3.42. The minimum absolute atomic E-state index is 0.0940. The summed E-state index contributed by atoms with van der Waals surface area (Å²) >= 11 is 0. The molecule has 4 rings (SSSR count). The highest BCUT2D eigenvalue weighted by Gasteiger charge is 2.47. The van der Waals surface area contributed by atoms with E-state index >= 15 is 0 Å². The Morgan fingerprint density at radius 3 is 2.50 bits per heavy atom. The number of amides is 1. The molecule has 0 aromatic carbocycles. The Labute approximate surface area is 152 Å². The quantitative estimate of drug-likeness (QED) is 0.759. The van der Waals surface area contributed by atoms with Crippen molar-refractivity contribution in [2.75, 3.05) is 24.6 Å². The standard InChI is InChI=1S/C18H24N4O4/c1-2-25-16(23)12-8-19-17(20-9-12)21-10-14-7-13(21)11-22(14)18(24)26-15-5-3-4-6-15/h8-9,13-15H,2-7,10-11H2,1H3. The predicted molar refractivity (Wildman–Crippen MR) is 93.0 cm³/mol. The monoisotopic (exact) mass is 360 g/mol. The van der Waals surface area contributed by atoms with Gasteiger partial charge in [-0.25, -0.2) is 19.6 Å². The van der Waals surface area contributed by atoms with E-state index in [9.17, 15) is 9.59 Å². The van der Waals surface area contributed by atoms with Crippen LogP contribution in [0, 0.1) is 0 Å². The van der Waals surface area contributed by atoms with Crippen LogP contribution in [-0.2, 0) is 9.47 Å². The third kappa shape index (κ3) is 3.20. The number of likely N-dealkylation sites (tertiary alicyclic amines) is 1. The maximum Gasteiger partial charge on any atom is 0.410 e. The van der Waals surface area contributed by atoms with Crippen molar-refractivity contribution in [2.24, 2.45) is 0 Å². The number of fused-ring (bicyclic) bond motifs is 2. The summed E-state index contributed by atoms with van der Waals surface area (Å²) in [4.78, 5) is 36.7. The summed E-state index contributed by atoms with van der Waals surface area (Å²) < 4.78 is 10.6. The lowest BCUT2D eigenvalue weighted by Crippen LogP contribution is -2.50. The van der Waals surface area contributed by atoms with Gasteiger partial charge in [0.15, 0.2) is 0 Å². The average molecular weight is 360 g/mol. The first-order chi connectivity index (χ1) is 12.7. The molecule has 3 fully saturated rings. The van der Waals surface area contributed by atoms with Gasteiger partial charge in [0.2, 0.25) is 5.95 Å². The SMILES string of the molecule is CCOC(=O)c1cnc(N2CC3CC2CN3C(=O)OC2CCCC2)nc1. The van der Waals surface area contributed by atoms with Crippen LogP contribution in [0.4, 0.5) is 10.7 Å². The number of carbonyl (C=O) groups is 2. The lowest BCUT2D eigenvalue weighted by Gasteiger charge is -2.34. The number of anilines is 1. The number of ether oxygens (including phenoxy) is 2. The molecule has 2 atom stereocenters. The van der Waals surface area contributed by atoms with Gasteiger partial charge in [-0.3, -0.25) is 0 Å². The third-order valence-electron chi connectivity index (χ3n) is 5.45. The van der Waals surface area contributed by atoms with E-state index in [0.29, 0.717) is 31.2 Å². The molecule has 1 saturated carbocycles. The third-order valence-corrected chi connectivity index (χ3v) is 5.45. The number of carbonyl (C=O) groups excluding carboxylic acids is 2. The van der Waals surface area contributed by atoms with Crippen LogP contribution in [0.1, 0.15) is 49.4 Å². The largest absolute Gasteiger partial charge is 0.462 e. The van der Waals surface area contributed by atoms with Gasteiger partial charge in [-0.2, -0.15) is 0 Å². The van der Waals surface area contributed by atoms with Gasteiger partial charge in [0.25, 0.3) is 0 Å². The van der Waals surface area contributed by atoms with E-state index in [1.54, 1.807) is 6.92 Å². The average Bonchev–Trinajstić information content (AvgIpc) is 3.39. The van der Waals surface area contributed by atoms with Crippen LogP contribution in [0.5, 0.6) is 0 Å². The topological polar surface area (TPSA) is 84.9 Å². The molecule has 2 saturated heterocycles. The molecule has 8 heteroatoms. The Morgan fingerprint density at radius 1 is 1.15 bits per heavy atom. The summed E-state index contributed by atoms with van der Waals surface area (Å²) in [5, 5.41) is 0. The zero-order chi connectivity index (χ0) is 18.1. The van der Waals surface area contributed by atoms with Crippen LogP contribution in [0.3, 0.4) is 0 Å². The van der Waals surface area contributed by atoms with Gasteiger partial charge in [0, 0.05) is 25.5 Å². The highest BCUT2D eigenvalue weighted by atomic mass is 16.6. The Kier molecular flexibility index (Phi) is 4.65. The molecular formula is C18H24N4O4. The number of aromatic nitrogens is 2. The van der Waals surface area contributed by atoms with Crippen LogP contribution in [0.25, 0.3) is 0 Å². The highest BCUT2D eigenvalue weighted by Crippen LogP contribution is 2.34. The molecule has 3 aliphatic rings. The lowest BCUT2D eigenvalue weighted by molar-refractivity contribution is 0.0524. The Balaban J connectivity index is 1.36. The van der Waals surface area contributed by atoms with Crippen molar-refractivity contribution in [3.8, 4) is 0 Å². The molecule has 0 N–H and O–H groups in total. The highest BCUT2D eigenvalue weighted by molar-refractivity contribution is 5.88. The second-order valence-corrected chi connectivity index (χ2v) is 7.13. The van der Waals surface area contributed by atoms with Crippen LogP contribution < -0.4 is 4.90 Å². The molecule has 2 aliphatic heterocycles. The summed E-state index contributed by atoms with van der Waals surface area (Å²) in [7, 11) is 0. The van der Waals surface area contributed by atoms with Crippen LogP contribution >= 0.6 is 0 Å². The van der Waals surface area contributed by atoms with E-state index in [1.807, 2.05) is 4.90 Å². The number of piperazine rings is 1. The molecule has 1 aromatic rings. The van der Waals surface area contributed by atoms with Crippen molar-refractivity contribution in [1.82, 2.24) is 14.9 Å². The fourth-order valence-corrected chi connectivity index (χ4v) is 4.14. The summed E-state index contributed by atoms with van der Waals surface area (Å²) in [6.07, 6.45) is 8.09. The van der Waals surface area contributed by atoms with Crippen molar-refractivity contribution < 1.29 is 19.1 Å². The van der Waals surface area contributed by atoms with Crippen molar-refractivity contribution in [3.05, 3.63) is 18.0 Å². The number of rotatable bonds is 4. The fourth-order valence-electron chi connectivity index (χ4n) is 4.14. The first kappa shape index (κ1) is 17.1. The molecule has 140 valence electrons. The second-order valence-electron chi connectivity index (χ2n) is 7.13. The molecule has 8 nitrogen and oxygen atoms in total.